The zero-order valence-corrected chi connectivity index (χ0v) is 8.56. The molecule has 1 unspecified atom stereocenters. The van der Waals surface area contributed by atoms with Gasteiger partial charge >= 0.3 is 0 Å². The lowest BCUT2D eigenvalue weighted by Gasteiger charge is -2.06. The third kappa shape index (κ3) is 4.05. The van der Waals surface area contributed by atoms with Gasteiger partial charge in [-0.2, -0.15) is 0 Å². The molecule has 80 valence electrons. The van der Waals surface area contributed by atoms with Crippen LogP contribution in [0.1, 0.15) is 13.3 Å². The molecule has 3 heteroatoms. The predicted octanol–water partition coefficient (Wildman–Crippen LogP) is 1.29. The van der Waals surface area contributed by atoms with E-state index < -0.39 is 0 Å². The van der Waals surface area contributed by atoms with E-state index in [1.807, 2.05) is 31.2 Å². The van der Waals surface area contributed by atoms with Crippen LogP contribution in [0.25, 0.3) is 0 Å². The highest BCUT2D eigenvalue weighted by Gasteiger charge is 2.24. The van der Waals surface area contributed by atoms with Crippen LogP contribution in [0.2, 0.25) is 0 Å². The molecule has 0 bridgehead atoms. The van der Waals surface area contributed by atoms with Crippen LogP contribution in [-0.2, 0) is 9.47 Å². The van der Waals surface area contributed by atoms with Crippen LogP contribution in [0.5, 0.6) is 0 Å². The molecular formula is C11H18O3. The van der Waals surface area contributed by atoms with Crippen LogP contribution in [-0.4, -0.2) is 37.1 Å². The third-order valence-electron chi connectivity index (χ3n) is 2.12. The van der Waals surface area contributed by atoms with Crippen molar-refractivity contribution in [1.82, 2.24) is 0 Å². The fourth-order valence-corrected chi connectivity index (χ4v) is 1.35. The molecule has 3 nitrogen and oxygen atoms in total. The van der Waals surface area contributed by atoms with E-state index in [0.29, 0.717) is 13.2 Å². The van der Waals surface area contributed by atoms with Crippen molar-refractivity contribution in [3.63, 3.8) is 0 Å². The zero-order valence-electron chi connectivity index (χ0n) is 8.56. The summed E-state index contributed by atoms with van der Waals surface area (Å²) in [5.41, 5.74) is 0. The Morgan fingerprint density at radius 1 is 1.50 bits per heavy atom. The summed E-state index contributed by atoms with van der Waals surface area (Å²) in [6, 6.07) is 0. The summed E-state index contributed by atoms with van der Waals surface area (Å²) in [5.74, 6) is 0. The first kappa shape index (κ1) is 11.4. The summed E-state index contributed by atoms with van der Waals surface area (Å²) in [7, 11) is 0. The van der Waals surface area contributed by atoms with Crippen LogP contribution in [0.3, 0.4) is 0 Å². The molecule has 1 heterocycles. The quantitative estimate of drug-likeness (QED) is 0.676. The first-order valence-electron chi connectivity index (χ1n) is 4.98. The maximum absolute atomic E-state index is 8.82. The summed E-state index contributed by atoms with van der Waals surface area (Å²) in [6.45, 7) is 3.27. The van der Waals surface area contributed by atoms with Gasteiger partial charge in [-0.15, -0.1) is 0 Å². The lowest BCUT2D eigenvalue weighted by atomic mass is 10.2. The number of hydrogen-bond acceptors (Lipinski definition) is 3. The summed E-state index contributed by atoms with van der Waals surface area (Å²) in [6.07, 6.45) is 8.77. The lowest BCUT2D eigenvalue weighted by Crippen LogP contribution is -2.14. The SMILES string of the molecule is C/C=C/C=C/COC1CO[C@H](CO)C1. The van der Waals surface area contributed by atoms with Crippen LogP contribution in [0.15, 0.2) is 24.3 Å². The van der Waals surface area contributed by atoms with Crippen molar-refractivity contribution in [1.29, 1.82) is 0 Å². The molecule has 2 atom stereocenters. The van der Waals surface area contributed by atoms with Gasteiger partial charge in [0, 0.05) is 6.42 Å². The lowest BCUT2D eigenvalue weighted by molar-refractivity contribution is 0.0373. The number of rotatable bonds is 5. The summed E-state index contributed by atoms with van der Waals surface area (Å²) in [4.78, 5) is 0. The van der Waals surface area contributed by atoms with Crippen molar-refractivity contribution < 1.29 is 14.6 Å². The van der Waals surface area contributed by atoms with Crippen molar-refractivity contribution in [2.45, 2.75) is 25.6 Å². The minimum atomic E-state index is -0.0282. The normalized spacial score (nSPS) is 28.1. The largest absolute Gasteiger partial charge is 0.394 e. The standard InChI is InChI=1S/C11H18O3/c1-2-3-4-5-6-13-11-7-10(8-12)14-9-11/h2-5,10-12H,6-9H2,1H3/b3-2+,5-4+/t10-,11?/m0/s1. The second-order valence-electron chi connectivity index (χ2n) is 3.28. The molecule has 1 saturated heterocycles. The van der Waals surface area contributed by atoms with Gasteiger partial charge in [0.2, 0.25) is 0 Å². The van der Waals surface area contributed by atoms with Crippen molar-refractivity contribution in [3.05, 3.63) is 24.3 Å². The summed E-state index contributed by atoms with van der Waals surface area (Å²) >= 11 is 0. The Labute approximate surface area is 85.0 Å². The molecule has 14 heavy (non-hydrogen) atoms. The Balaban J connectivity index is 2.08. The molecule has 1 rings (SSSR count). The van der Waals surface area contributed by atoms with Gasteiger partial charge in [-0.05, 0) is 6.92 Å². The van der Waals surface area contributed by atoms with Crippen molar-refractivity contribution >= 4 is 0 Å². The van der Waals surface area contributed by atoms with E-state index in [1.54, 1.807) is 0 Å². The van der Waals surface area contributed by atoms with E-state index in [4.69, 9.17) is 14.6 Å². The van der Waals surface area contributed by atoms with Gasteiger partial charge in [0.25, 0.3) is 0 Å². The molecule has 1 N–H and O–H groups in total. The highest BCUT2D eigenvalue weighted by molar-refractivity contribution is 5.01. The summed E-state index contributed by atoms with van der Waals surface area (Å²) in [5, 5.41) is 8.82. The van der Waals surface area contributed by atoms with Gasteiger partial charge < -0.3 is 14.6 Å². The molecule has 1 aliphatic heterocycles. The fraction of sp³-hybridized carbons (Fsp3) is 0.636. The Morgan fingerprint density at radius 3 is 3.00 bits per heavy atom. The highest BCUT2D eigenvalue weighted by atomic mass is 16.6. The van der Waals surface area contributed by atoms with Crippen LogP contribution in [0.4, 0.5) is 0 Å². The van der Waals surface area contributed by atoms with Crippen LogP contribution in [0, 0.1) is 0 Å². The molecule has 0 aliphatic carbocycles. The van der Waals surface area contributed by atoms with E-state index in [1.165, 1.54) is 0 Å². The van der Waals surface area contributed by atoms with Crippen molar-refractivity contribution in [3.8, 4) is 0 Å². The molecule has 0 amide bonds. The Bertz CT molecular complexity index is 199. The number of aliphatic hydroxyl groups is 1. The smallest absolute Gasteiger partial charge is 0.0838 e. The van der Waals surface area contributed by atoms with Gasteiger partial charge in [0.15, 0.2) is 0 Å². The number of aliphatic hydroxyl groups excluding tert-OH is 1. The molecule has 1 fully saturated rings. The Morgan fingerprint density at radius 2 is 2.36 bits per heavy atom. The predicted molar refractivity (Wildman–Crippen MR) is 55.1 cm³/mol. The molecule has 0 spiro atoms. The average molecular weight is 198 g/mol. The molecule has 0 saturated carbocycles. The molecule has 0 aromatic carbocycles. The first-order valence-corrected chi connectivity index (χ1v) is 4.98. The van der Waals surface area contributed by atoms with Crippen molar-refractivity contribution in [2.75, 3.05) is 19.8 Å². The third-order valence-corrected chi connectivity index (χ3v) is 2.12. The maximum Gasteiger partial charge on any atom is 0.0838 e. The molecule has 0 aromatic rings. The second kappa shape index (κ2) is 6.76. The van der Waals surface area contributed by atoms with Gasteiger partial charge in [-0.3, -0.25) is 0 Å². The molecule has 1 aliphatic rings. The molecular weight excluding hydrogens is 180 g/mol. The Kier molecular flexibility index (Phi) is 5.52. The maximum atomic E-state index is 8.82. The van der Waals surface area contributed by atoms with E-state index in [2.05, 4.69) is 0 Å². The van der Waals surface area contributed by atoms with Crippen LogP contribution < -0.4 is 0 Å². The first-order chi connectivity index (χ1) is 6.86. The van der Waals surface area contributed by atoms with E-state index in [9.17, 15) is 0 Å². The number of ether oxygens (including phenoxy) is 2. The van der Waals surface area contributed by atoms with Gasteiger partial charge in [0.1, 0.15) is 0 Å². The van der Waals surface area contributed by atoms with Gasteiger partial charge in [0.05, 0.1) is 32.0 Å². The minimum Gasteiger partial charge on any atom is -0.394 e. The topological polar surface area (TPSA) is 38.7 Å². The van der Waals surface area contributed by atoms with E-state index in [0.717, 1.165) is 6.42 Å². The highest BCUT2D eigenvalue weighted by Crippen LogP contribution is 2.15. The van der Waals surface area contributed by atoms with Crippen LogP contribution >= 0.6 is 0 Å². The summed E-state index contributed by atoms with van der Waals surface area (Å²) < 4.78 is 10.8. The minimum absolute atomic E-state index is 0.0282. The molecule has 0 aromatic heterocycles. The fourth-order valence-electron chi connectivity index (χ4n) is 1.35. The van der Waals surface area contributed by atoms with Gasteiger partial charge in [-0.25, -0.2) is 0 Å². The van der Waals surface area contributed by atoms with Gasteiger partial charge in [-0.1, -0.05) is 24.3 Å². The number of allylic oxidation sites excluding steroid dienone is 3. The molecule has 0 radical (unpaired) electrons. The average Bonchev–Trinajstić information content (AvgIpc) is 2.65. The zero-order chi connectivity index (χ0) is 10.2. The Hall–Kier alpha value is -0.640. The second-order valence-corrected chi connectivity index (χ2v) is 3.28. The van der Waals surface area contributed by atoms with E-state index in [-0.39, 0.29) is 18.8 Å². The number of hydrogen-bond donors (Lipinski definition) is 1. The van der Waals surface area contributed by atoms with E-state index >= 15 is 0 Å². The monoisotopic (exact) mass is 198 g/mol. The van der Waals surface area contributed by atoms with Crippen molar-refractivity contribution in [2.24, 2.45) is 0 Å².